The summed E-state index contributed by atoms with van der Waals surface area (Å²) < 4.78 is 0. The standard InChI is InChI=1S/C20H19NO3/c22-17(11-13-6-2-4-8-15(13)20(23)24)21-19-16-10-9-12-5-1-3-7-14(12)18(16)19/h1-8,16,18-19H,9-11H2,(H,21,22)(H,23,24). The fraction of sp³-hybridized carbons (Fsp3) is 0.300. The lowest BCUT2D eigenvalue weighted by atomic mass is 9.92. The molecule has 2 aromatic rings. The van der Waals surface area contributed by atoms with Gasteiger partial charge in [-0.15, -0.1) is 0 Å². The van der Waals surface area contributed by atoms with Crippen LogP contribution in [0, 0.1) is 5.92 Å². The third-order valence-electron chi connectivity index (χ3n) is 5.26. The summed E-state index contributed by atoms with van der Waals surface area (Å²) in [5.41, 5.74) is 3.52. The van der Waals surface area contributed by atoms with Gasteiger partial charge in [-0.1, -0.05) is 42.5 Å². The van der Waals surface area contributed by atoms with E-state index in [-0.39, 0.29) is 23.9 Å². The Morgan fingerprint density at radius 1 is 1.08 bits per heavy atom. The van der Waals surface area contributed by atoms with Gasteiger partial charge < -0.3 is 10.4 Å². The van der Waals surface area contributed by atoms with Crippen LogP contribution in [0.15, 0.2) is 48.5 Å². The summed E-state index contributed by atoms with van der Waals surface area (Å²) in [5, 5.41) is 12.3. The molecule has 4 nitrogen and oxygen atoms in total. The highest BCUT2D eigenvalue weighted by Crippen LogP contribution is 2.54. The van der Waals surface area contributed by atoms with Crippen LogP contribution in [0.1, 0.15) is 39.4 Å². The predicted octanol–water partition coefficient (Wildman–Crippen LogP) is 2.77. The van der Waals surface area contributed by atoms with Crippen LogP contribution >= 0.6 is 0 Å². The summed E-state index contributed by atoms with van der Waals surface area (Å²) in [4.78, 5) is 23.6. The molecule has 1 saturated carbocycles. The normalized spacial score (nSPS) is 23.8. The number of hydrogen-bond donors (Lipinski definition) is 2. The highest BCUT2D eigenvalue weighted by Gasteiger charge is 2.53. The van der Waals surface area contributed by atoms with E-state index in [1.807, 2.05) is 0 Å². The summed E-state index contributed by atoms with van der Waals surface area (Å²) in [6, 6.07) is 15.3. The van der Waals surface area contributed by atoms with Gasteiger partial charge in [0, 0.05) is 12.0 Å². The number of carboxylic acids is 1. The number of amides is 1. The Bertz CT molecular complexity index is 814. The van der Waals surface area contributed by atoms with Crippen molar-refractivity contribution in [3.05, 3.63) is 70.8 Å². The number of rotatable bonds is 4. The number of carbonyl (C=O) groups excluding carboxylic acids is 1. The quantitative estimate of drug-likeness (QED) is 0.910. The lowest BCUT2D eigenvalue weighted by molar-refractivity contribution is -0.120. The van der Waals surface area contributed by atoms with Gasteiger partial charge in [-0.05, 0) is 41.5 Å². The number of fused-ring (bicyclic) bond motifs is 3. The van der Waals surface area contributed by atoms with Crippen molar-refractivity contribution >= 4 is 11.9 Å². The van der Waals surface area contributed by atoms with E-state index in [1.165, 1.54) is 17.2 Å². The third kappa shape index (κ3) is 2.58. The summed E-state index contributed by atoms with van der Waals surface area (Å²) in [7, 11) is 0. The molecule has 2 aliphatic carbocycles. The van der Waals surface area contributed by atoms with E-state index in [9.17, 15) is 14.7 Å². The summed E-state index contributed by atoms with van der Waals surface area (Å²) in [6.07, 6.45) is 2.30. The Hall–Kier alpha value is -2.62. The van der Waals surface area contributed by atoms with E-state index in [1.54, 1.807) is 18.2 Å². The fourth-order valence-electron chi connectivity index (χ4n) is 4.06. The number of aryl methyl sites for hydroxylation is 1. The zero-order chi connectivity index (χ0) is 16.7. The third-order valence-corrected chi connectivity index (χ3v) is 5.26. The van der Waals surface area contributed by atoms with Gasteiger partial charge in [0.25, 0.3) is 0 Å². The van der Waals surface area contributed by atoms with E-state index in [4.69, 9.17) is 0 Å². The van der Waals surface area contributed by atoms with Gasteiger partial charge in [-0.2, -0.15) is 0 Å². The van der Waals surface area contributed by atoms with E-state index in [0.717, 1.165) is 12.8 Å². The summed E-state index contributed by atoms with van der Waals surface area (Å²) in [6.45, 7) is 0. The maximum Gasteiger partial charge on any atom is 0.335 e. The second kappa shape index (κ2) is 5.78. The molecule has 0 saturated heterocycles. The van der Waals surface area contributed by atoms with Crippen molar-refractivity contribution in [3.63, 3.8) is 0 Å². The fourth-order valence-corrected chi connectivity index (χ4v) is 4.06. The van der Waals surface area contributed by atoms with E-state index < -0.39 is 5.97 Å². The Morgan fingerprint density at radius 2 is 1.83 bits per heavy atom. The number of carbonyl (C=O) groups is 2. The molecule has 1 fully saturated rings. The van der Waals surface area contributed by atoms with Gasteiger partial charge in [0.2, 0.25) is 5.91 Å². The van der Waals surface area contributed by atoms with Crippen molar-refractivity contribution < 1.29 is 14.7 Å². The van der Waals surface area contributed by atoms with Crippen molar-refractivity contribution in [2.24, 2.45) is 5.92 Å². The van der Waals surface area contributed by atoms with Crippen LogP contribution in [0.2, 0.25) is 0 Å². The van der Waals surface area contributed by atoms with E-state index in [2.05, 4.69) is 29.6 Å². The molecule has 0 spiro atoms. The number of hydrogen-bond acceptors (Lipinski definition) is 2. The van der Waals surface area contributed by atoms with Crippen molar-refractivity contribution in [3.8, 4) is 0 Å². The zero-order valence-electron chi connectivity index (χ0n) is 13.2. The molecule has 2 aliphatic rings. The topological polar surface area (TPSA) is 66.4 Å². The van der Waals surface area contributed by atoms with Gasteiger partial charge in [0.15, 0.2) is 0 Å². The number of carboxylic acid groups (broad SMARTS) is 1. The van der Waals surface area contributed by atoms with Gasteiger partial charge in [-0.3, -0.25) is 4.79 Å². The number of benzene rings is 2. The van der Waals surface area contributed by atoms with Crippen LogP contribution in [0.25, 0.3) is 0 Å². The second-order valence-corrected chi connectivity index (χ2v) is 6.66. The molecule has 2 aromatic carbocycles. The minimum absolute atomic E-state index is 0.0967. The summed E-state index contributed by atoms with van der Waals surface area (Å²) in [5.74, 6) is -0.139. The molecule has 0 heterocycles. The molecule has 1 amide bonds. The van der Waals surface area contributed by atoms with Crippen molar-refractivity contribution in [1.82, 2.24) is 5.32 Å². The van der Waals surface area contributed by atoms with Crippen molar-refractivity contribution in [2.45, 2.75) is 31.2 Å². The molecular formula is C20H19NO3. The first-order valence-corrected chi connectivity index (χ1v) is 8.33. The molecule has 0 radical (unpaired) electrons. The van der Waals surface area contributed by atoms with Crippen LogP contribution in [0.4, 0.5) is 0 Å². The maximum absolute atomic E-state index is 12.4. The first-order valence-electron chi connectivity index (χ1n) is 8.33. The second-order valence-electron chi connectivity index (χ2n) is 6.66. The Labute approximate surface area is 140 Å². The van der Waals surface area contributed by atoms with E-state index in [0.29, 0.717) is 17.4 Å². The highest BCUT2D eigenvalue weighted by atomic mass is 16.4. The summed E-state index contributed by atoms with van der Waals surface area (Å²) >= 11 is 0. The first-order chi connectivity index (χ1) is 11.6. The zero-order valence-corrected chi connectivity index (χ0v) is 13.2. The average molecular weight is 321 g/mol. The van der Waals surface area contributed by atoms with Crippen LogP contribution in [0.3, 0.4) is 0 Å². The first kappa shape index (κ1) is 14.9. The molecule has 0 aliphatic heterocycles. The molecule has 4 heteroatoms. The molecule has 24 heavy (non-hydrogen) atoms. The Balaban J connectivity index is 1.45. The van der Waals surface area contributed by atoms with Crippen LogP contribution in [-0.2, 0) is 17.6 Å². The van der Waals surface area contributed by atoms with Crippen LogP contribution in [-0.4, -0.2) is 23.0 Å². The van der Waals surface area contributed by atoms with Crippen LogP contribution < -0.4 is 5.32 Å². The highest BCUT2D eigenvalue weighted by molar-refractivity contribution is 5.91. The Morgan fingerprint density at radius 3 is 2.67 bits per heavy atom. The van der Waals surface area contributed by atoms with Gasteiger partial charge >= 0.3 is 5.97 Å². The smallest absolute Gasteiger partial charge is 0.335 e. The van der Waals surface area contributed by atoms with Crippen molar-refractivity contribution in [2.75, 3.05) is 0 Å². The average Bonchev–Trinajstić information content (AvgIpc) is 3.28. The molecule has 0 bridgehead atoms. The molecule has 4 rings (SSSR count). The molecule has 122 valence electrons. The molecule has 3 unspecified atom stereocenters. The van der Waals surface area contributed by atoms with Gasteiger partial charge in [-0.25, -0.2) is 4.79 Å². The van der Waals surface area contributed by atoms with Crippen molar-refractivity contribution in [1.29, 1.82) is 0 Å². The molecule has 0 aromatic heterocycles. The minimum Gasteiger partial charge on any atom is -0.478 e. The van der Waals surface area contributed by atoms with Gasteiger partial charge in [0.1, 0.15) is 0 Å². The lowest BCUT2D eigenvalue weighted by Crippen LogP contribution is -2.29. The SMILES string of the molecule is O=C(Cc1ccccc1C(=O)O)NC1C2CCc3ccccc3C21. The predicted molar refractivity (Wildman–Crippen MR) is 90.0 cm³/mol. The lowest BCUT2D eigenvalue weighted by Gasteiger charge is -2.13. The van der Waals surface area contributed by atoms with Crippen LogP contribution in [0.5, 0.6) is 0 Å². The molecule has 2 N–H and O–H groups in total. The Kier molecular flexibility index (Phi) is 3.60. The number of aromatic carboxylic acids is 1. The molecular weight excluding hydrogens is 302 g/mol. The number of nitrogens with one attached hydrogen (secondary N) is 1. The molecule has 3 atom stereocenters. The minimum atomic E-state index is -0.993. The largest absolute Gasteiger partial charge is 0.478 e. The van der Waals surface area contributed by atoms with Gasteiger partial charge in [0.05, 0.1) is 12.0 Å². The monoisotopic (exact) mass is 321 g/mol. The van der Waals surface area contributed by atoms with E-state index >= 15 is 0 Å². The maximum atomic E-state index is 12.4.